The summed E-state index contributed by atoms with van der Waals surface area (Å²) in [5, 5.41) is 5.00. The first kappa shape index (κ1) is 20.3. The topological polar surface area (TPSA) is 56.5 Å². The molecule has 0 unspecified atom stereocenters. The highest BCUT2D eigenvalue weighted by atomic mass is 79.9. The minimum atomic E-state index is -0.169. The van der Waals surface area contributed by atoms with Crippen molar-refractivity contribution in [3.63, 3.8) is 0 Å². The van der Waals surface area contributed by atoms with E-state index in [0.717, 1.165) is 28.6 Å². The van der Waals surface area contributed by atoms with Gasteiger partial charge in [-0.05, 0) is 55.7 Å². The zero-order valence-electron chi connectivity index (χ0n) is 16.4. The average molecular weight is 442 g/mol. The Bertz CT molecular complexity index is 1060. The molecule has 3 aromatic rings. The van der Waals surface area contributed by atoms with Crippen molar-refractivity contribution in [1.82, 2.24) is 9.66 Å². The molecule has 0 aliphatic rings. The van der Waals surface area contributed by atoms with Gasteiger partial charge >= 0.3 is 0 Å². The van der Waals surface area contributed by atoms with E-state index in [1.165, 1.54) is 4.68 Å². The normalized spacial score (nSPS) is 12.6. The van der Waals surface area contributed by atoms with Crippen LogP contribution >= 0.6 is 15.9 Å². The van der Waals surface area contributed by atoms with Gasteiger partial charge in [0.2, 0.25) is 0 Å². The lowest BCUT2D eigenvalue weighted by atomic mass is 10.2. The summed E-state index contributed by atoms with van der Waals surface area (Å²) in [7, 11) is 0. The van der Waals surface area contributed by atoms with Gasteiger partial charge in [0.15, 0.2) is 0 Å². The molecular formula is C22H24BrN3O2. The molecule has 1 aromatic heterocycles. The molecule has 0 N–H and O–H groups in total. The zero-order chi connectivity index (χ0) is 20.1. The van der Waals surface area contributed by atoms with E-state index in [0.29, 0.717) is 23.1 Å². The predicted octanol–water partition coefficient (Wildman–Crippen LogP) is 5.17. The number of aromatic nitrogens is 2. The summed E-state index contributed by atoms with van der Waals surface area (Å²) in [6.07, 6.45) is 4.31. The largest absolute Gasteiger partial charge is 0.491 e. The van der Waals surface area contributed by atoms with E-state index >= 15 is 0 Å². The van der Waals surface area contributed by atoms with E-state index in [1.54, 1.807) is 12.3 Å². The molecule has 5 nitrogen and oxygen atoms in total. The van der Waals surface area contributed by atoms with E-state index in [1.807, 2.05) is 43.3 Å². The third-order valence-electron chi connectivity index (χ3n) is 4.44. The molecule has 28 heavy (non-hydrogen) atoms. The second-order valence-electron chi connectivity index (χ2n) is 6.71. The van der Waals surface area contributed by atoms with E-state index in [-0.39, 0.29) is 11.7 Å². The van der Waals surface area contributed by atoms with Crippen LogP contribution < -0.4 is 10.3 Å². The molecule has 0 fully saturated rings. The average Bonchev–Trinajstić information content (AvgIpc) is 2.69. The Kier molecular flexibility index (Phi) is 6.62. The van der Waals surface area contributed by atoms with Crippen LogP contribution in [0.1, 0.15) is 45.0 Å². The molecule has 1 heterocycles. The molecule has 0 saturated carbocycles. The molecule has 6 heteroatoms. The smallest absolute Gasteiger partial charge is 0.282 e. The quantitative estimate of drug-likeness (QED) is 0.475. The first-order valence-corrected chi connectivity index (χ1v) is 10.3. The molecule has 0 aliphatic heterocycles. The number of fused-ring (bicyclic) bond motifs is 1. The fourth-order valence-electron chi connectivity index (χ4n) is 2.81. The van der Waals surface area contributed by atoms with Crippen molar-refractivity contribution >= 4 is 33.0 Å². The third-order valence-corrected chi connectivity index (χ3v) is 4.93. The standard InChI is InChI=1S/C22H24BrN3O2/c1-4-7-21-25-20-11-10-17(23)13-19(20)22(27)26(21)24-14-16-8-6-9-18(12-16)28-15(3)5-2/h6,8-15H,4-5,7H2,1-3H3/t15-/m1/s1. The first-order chi connectivity index (χ1) is 13.5. The summed E-state index contributed by atoms with van der Waals surface area (Å²) in [6.45, 7) is 6.18. The van der Waals surface area contributed by atoms with Crippen LogP contribution in [0.4, 0.5) is 0 Å². The minimum absolute atomic E-state index is 0.147. The molecular weight excluding hydrogens is 418 g/mol. The molecule has 0 radical (unpaired) electrons. The SMILES string of the molecule is CCCc1nc2ccc(Br)cc2c(=O)n1N=Cc1cccc(O[C@H](C)CC)c1. The first-order valence-electron chi connectivity index (χ1n) is 9.54. The van der Waals surface area contributed by atoms with Crippen LogP contribution in [-0.2, 0) is 6.42 Å². The summed E-state index contributed by atoms with van der Waals surface area (Å²) >= 11 is 3.42. The Hall–Kier alpha value is -2.47. The molecule has 0 saturated heterocycles. The van der Waals surface area contributed by atoms with Crippen LogP contribution in [0.2, 0.25) is 0 Å². The van der Waals surface area contributed by atoms with E-state index in [9.17, 15) is 4.79 Å². The van der Waals surface area contributed by atoms with Gasteiger partial charge in [-0.2, -0.15) is 9.78 Å². The second-order valence-corrected chi connectivity index (χ2v) is 7.63. The molecule has 0 spiro atoms. The number of hydrogen-bond acceptors (Lipinski definition) is 4. The highest BCUT2D eigenvalue weighted by Crippen LogP contribution is 2.17. The number of rotatable bonds is 7. The van der Waals surface area contributed by atoms with Gasteiger partial charge in [0.05, 0.1) is 23.2 Å². The fourth-order valence-corrected chi connectivity index (χ4v) is 3.17. The summed E-state index contributed by atoms with van der Waals surface area (Å²) in [5.41, 5.74) is 1.38. The molecule has 1 atom stereocenters. The Labute approximate surface area is 173 Å². The Morgan fingerprint density at radius 2 is 2.07 bits per heavy atom. The summed E-state index contributed by atoms with van der Waals surface area (Å²) in [5.74, 6) is 1.45. The van der Waals surface area contributed by atoms with Crippen LogP contribution in [0.25, 0.3) is 10.9 Å². The predicted molar refractivity (Wildman–Crippen MR) is 118 cm³/mol. The Morgan fingerprint density at radius 1 is 1.25 bits per heavy atom. The molecule has 0 aliphatic carbocycles. The number of ether oxygens (including phenoxy) is 1. The van der Waals surface area contributed by atoms with Crippen LogP contribution in [0.5, 0.6) is 5.75 Å². The van der Waals surface area contributed by atoms with Gasteiger partial charge in [-0.1, -0.05) is 41.9 Å². The lowest BCUT2D eigenvalue weighted by Gasteiger charge is -2.12. The van der Waals surface area contributed by atoms with Gasteiger partial charge in [0.1, 0.15) is 11.6 Å². The van der Waals surface area contributed by atoms with Gasteiger partial charge in [-0.15, -0.1) is 0 Å². The number of benzene rings is 2. The van der Waals surface area contributed by atoms with Crippen molar-refractivity contribution in [2.45, 2.75) is 46.1 Å². The van der Waals surface area contributed by atoms with E-state index in [4.69, 9.17) is 4.74 Å². The van der Waals surface area contributed by atoms with Crippen molar-refractivity contribution in [2.24, 2.45) is 5.10 Å². The molecule has 0 amide bonds. The monoisotopic (exact) mass is 441 g/mol. The highest BCUT2D eigenvalue weighted by molar-refractivity contribution is 9.10. The Morgan fingerprint density at radius 3 is 2.82 bits per heavy atom. The van der Waals surface area contributed by atoms with Crippen molar-refractivity contribution in [1.29, 1.82) is 0 Å². The maximum atomic E-state index is 13.0. The molecule has 0 bridgehead atoms. The van der Waals surface area contributed by atoms with Crippen molar-refractivity contribution in [2.75, 3.05) is 0 Å². The van der Waals surface area contributed by atoms with Crippen LogP contribution in [0.3, 0.4) is 0 Å². The van der Waals surface area contributed by atoms with E-state index < -0.39 is 0 Å². The van der Waals surface area contributed by atoms with Crippen molar-refractivity contribution < 1.29 is 4.74 Å². The van der Waals surface area contributed by atoms with Gasteiger partial charge < -0.3 is 4.74 Å². The van der Waals surface area contributed by atoms with Gasteiger partial charge in [0, 0.05) is 10.9 Å². The maximum absolute atomic E-state index is 13.0. The van der Waals surface area contributed by atoms with E-state index in [2.05, 4.69) is 39.9 Å². The van der Waals surface area contributed by atoms with Crippen molar-refractivity contribution in [3.05, 3.63) is 68.7 Å². The molecule has 146 valence electrons. The number of hydrogen-bond donors (Lipinski definition) is 0. The Balaban J connectivity index is 2.01. The van der Waals surface area contributed by atoms with Crippen LogP contribution in [0, 0.1) is 0 Å². The van der Waals surface area contributed by atoms with Gasteiger partial charge in [-0.25, -0.2) is 4.98 Å². The van der Waals surface area contributed by atoms with Crippen LogP contribution in [-0.4, -0.2) is 22.0 Å². The number of nitrogens with zero attached hydrogens (tertiary/aromatic N) is 3. The zero-order valence-corrected chi connectivity index (χ0v) is 17.9. The lowest BCUT2D eigenvalue weighted by Crippen LogP contribution is -2.22. The highest BCUT2D eigenvalue weighted by Gasteiger charge is 2.10. The summed E-state index contributed by atoms with van der Waals surface area (Å²) in [6, 6.07) is 13.2. The maximum Gasteiger partial charge on any atom is 0.282 e. The second kappa shape index (κ2) is 9.15. The number of aryl methyl sites for hydroxylation is 1. The third kappa shape index (κ3) is 4.68. The minimum Gasteiger partial charge on any atom is -0.491 e. The fraction of sp³-hybridized carbons (Fsp3) is 0.318. The number of halogens is 1. The molecule has 2 aromatic carbocycles. The van der Waals surface area contributed by atoms with Gasteiger partial charge in [0.25, 0.3) is 5.56 Å². The summed E-state index contributed by atoms with van der Waals surface area (Å²) < 4.78 is 8.11. The van der Waals surface area contributed by atoms with Gasteiger partial charge in [-0.3, -0.25) is 4.79 Å². The summed E-state index contributed by atoms with van der Waals surface area (Å²) in [4.78, 5) is 17.7. The van der Waals surface area contributed by atoms with Crippen LogP contribution in [0.15, 0.2) is 56.8 Å². The lowest BCUT2D eigenvalue weighted by molar-refractivity contribution is 0.217. The van der Waals surface area contributed by atoms with Crippen molar-refractivity contribution in [3.8, 4) is 5.75 Å². The molecule has 3 rings (SSSR count).